The molecule has 0 aromatic heterocycles. The zero-order valence-electron chi connectivity index (χ0n) is 10.1. The molecule has 4 nitrogen and oxygen atoms in total. The molecule has 1 aliphatic carbocycles. The topological polar surface area (TPSA) is 38.8 Å². The van der Waals surface area contributed by atoms with Gasteiger partial charge in [-0.3, -0.25) is 4.84 Å². The Hall–Kier alpha value is -1.03. The van der Waals surface area contributed by atoms with Crippen LogP contribution in [-0.4, -0.2) is 28.9 Å². The smallest absolute Gasteiger partial charge is 0.435 e. The summed E-state index contributed by atoms with van der Waals surface area (Å²) in [4.78, 5) is 17.5. The second-order valence-corrected chi connectivity index (χ2v) is 5.33. The minimum atomic E-state index is -0.476. The molecule has 2 bridgehead atoms. The first-order chi connectivity index (χ1) is 7.46. The summed E-state index contributed by atoms with van der Waals surface area (Å²) >= 11 is 0. The van der Waals surface area contributed by atoms with Crippen LogP contribution in [0.25, 0.3) is 0 Å². The van der Waals surface area contributed by atoms with Crippen LogP contribution in [0, 0.1) is 0 Å². The Kier molecular flexibility index (Phi) is 2.93. The Morgan fingerprint density at radius 2 is 2.12 bits per heavy atom. The van der Waals surface area contributed by atoms with Gasteiger partial charge in [0.1, 0.15) is 11.7 Å². The first kappa shape index (κ1) is 11.5. The molecule has 0 aromatic carbocycles. The van der Waals surface area contributed by atoms with Crippen molar-refractivity contribution in [3.8, 4) is 0 Å². The molecule has 2 heterocycles. The predicted molar refractivity (Wildman–Crippen MR) is 59.7 cm³/mol. The van der Waals surface area contributed by atoms with Gasteiger partial charge in [0.05, 0.1) is 6.04 Å². The number of nitrogens with zero attached hydrogens (tertiary/aromatic N) is 1. The minimum absolute atomic E-state index is 0.0336. The number of hydrogen-bond donors (Lipinski definition) is 0. The number of ether oxygens (including phenoxy) is 1. The highest BCUT2D eigenvalue weighted by Crippen LogP contribution is 2.27. The van der Waals surface area contributed by atoms with E-state index in [4.69, 9.17) is 9.57 Å². The Bertz CT molecular complexity index is 306. The first-order valence-corrected chi connectivity index (χ1v) is 5.83. The number of carbonyl (C=O) groups excluding carboxylic acids is 1. The third-order valence-corrected chi connectivity index (χ3v) is 2.66. The number of amides is 1. The molecule has 4 heteroatoms. The summed E-state index contributed by atoms with van der Waals surface area (Å²) in [5.41, 5.74) is -0.476. The zero-order valence-corrected chi connectivity index (χ0v) is 10.1. The van der Waals surface area contributed by atoms with E-state index < -0.39 is 5.60 Å². The molecule has 3 rings (SSSR count). The fourth-order valence-corrected chi connectivity index (χ4v) is 1.97. The summed E-state index contributed by atoms with van der Waals surface area (Å²) in [5.74, 6) is 0. The number of hydrogen-bond acceptors (Lipinski definition) is 3. The van der Waals surface area contributed by atoms with Gasteiger partial charge in [-0.05, 0) is 40.0 Å². The van der Waals surface area contributed by atoms with Crippen molar-refractivity contribution in [3.05, 3.63) is 12.2 Å². The maximum atomic E-state index is 11.9. The van der Waals surface area contributed by atoms with Gasteiger partial charge in [-0.2, -0.15) is 5.06 Å². The van der Waals surface area contributed by atoms with E-state index in [2.05, 4.69) is 0 Å². The van der Waals surface area contributed by atoms with Crippen molar-refractivity contribution in [3.63, 3.8) is 0 Å². The van der Waals surface area contributed by atoms with Crippen molar-refractivity contribution in [1.82, 2.24) is 5.06 Å². The molecule has 0 N–H and O–H groups in total. The van der Waals surface area contributed by atoms with Crippen LogP contribution in [0.3, 0.4) is 0 Å². The van der Waals surface area contributed by atoms with Crippen molar-refractivity contribution in [2.24, 2.45) is 0 Å². The molecule has 3 aliphatic rings. The van der Waals surface area contributed by atoms with Gasteiger partial charge in [0.2, 0.25) is 0 Å². The summed E-state index contributed by atoms with van der Waals surface area (Å²) in [5, 5.41) is 1.39. The molecule has 2 aliphatic heterocycles. The van der Waals surface area contributed by atoms with Crippen LogP contribution in [0.15, 0.2) is 12.2 Å². The van der Waals surface area contributed by atoms with Gasteiger partial charge >= 0.3 is 6.09 Å². The lowest BCUT2D eigenvalue weighted by Gasteiger charge is -2.33. The average Bonchev–Trinajstić information content (AvgIpc) is 2.48. The molecule has 2 atom stereocenters. The number of hydroxylamine groups is 2. The largest absolute Gasteiger partial charge is 0.442 e. The normalized spacial score (nSPS) is 29.1. The molecular weight excluding hydrogens is 206 g/mol. The zero-order chi connectivity index (χ0) is 11.8. The monoisotopic (exact) mass is 225 g/mol. The van der Waals surface area contributed by atoms with Crippen LogP contribution in [0.1, 0.15) is 40.0 Å². The summed E-state index contributed by atoms with van der Waals surface area (Å²) in [7, 11) is 0. The molecule has 16 heavy (non-hydrogen) atoms. The van der Waals surface area contributed by atoms with Crippen LogP contribution < -0.4 is 0 Å². The maximum absolute atomic E-state index is 11.9. The van der Waals surface area contributed by atoms with Crippen LogP contribution in [0.2, 0.25) is 0 Å². The van der Waals surface area contributed by atoms with Crippen LogP contribution >= 0.6 is 0 Å². The summed E-state index contributed by atoms with van der Waals surface area (Å²) in [6, 6.07) is 0.0357. The first-order valence-electron chi connectivity index (χ1n) is 5.83. The maximum Gasteiger partial charge on any atom is 0.435 e. The number of rotatable bonds is 0. The van der Waals surface area contributed by atoms with Gasteiger partial charge in [-0.1, -0.05) is 12.2 Å². The van der Waals surface area contributed by atoms with Crippen molar-refractivity contribution >= 4 is 6.09 Å². The SMILES string of the molecule is CC(C)(C)OC(=O)N1O[C@@H]2C=C[C@H]1CCC2. The molecule has 0 aromatic rings. The lowest BCUT2D eigenvalue weighted by Crippen LogP contribution is -2.45. The summed E-state index contributed by atoms with van der Waals surface area (Å²) < 4.78 is 5.31. The van der Waals surface area contributed by atoms with E-state index in [-0.39, 0.29) is 18.2 Å². The molecule has 1 saturated heterocycles. The van der Waals surface area contributed by atoms with Gasteiger partial charge in [0, 0.05) is 0 Å². The Labute approximate surface area is 96.2 Å². The molecular formula is C12H19NO3. The molecule has 1 amide bonds. The van der Waals surface area contributed by atoms with Crippen LogP contribution in [-0.2, 0) is 9.57 Å². The van der Waals surface area contributed by atoms with E-state index in [1.165, 1.54) is 5.06 Å². The minimum Gasteiger partial charge on any atom is -0.442 e. The second kappa shape index (κ2) is 4.09. The molecule has 90 valence electrons. The van der Waals surface area contributed by atoms with E-state index >= 15 is 0 Å². The molecule has 0 radical (unpaired) electrons. The van der Waals surface area contributed by atoms with Crippen molar-refractivity contribution in [2.75, 3.05) is 0 Å². The third-order valence-electron chi connectivity index (χ3n) is 2.66. The quantitative estimate of drug-likeness (QED) is 0.595. The highest BCUT2D eigenvalue weighted by Gasteiger charge is 2.34. The highest BCUT2D eigenvalue weighted by molar-refractivity contribution is 5.67. The van der Waals surface area contributed by atoms with Gasteiger partial charge in [-0.25, -0.2) is 4.79 Å². The lowest BCUT2D eigenvalue weighted by molar-refractivity contribution is -0.183. The van der Waals surface area contributed by atoms with Gasteiger partial charge in [0.25, 0.3) is 0 Å². The molecule has 0 spiro atoms. The van der Waals surface area contributed by atoms with Crippen LogP contribution in [0.4, 0.5) is 4.79 Å². The third kappa shape index (κ3) is 2.55. The summed E-state index contributed by atoms with van der Waals surface area (Å²) in [6.45, 7) is 5.57. The number of fused-ring (bicyclic) bond motifs is 3. The van der Waals surface area contributed by atoms with E-state index in [1.807, 2.05) is 32.9 Å². The van der Waals surface area contributed by atoms with Gasteiger partial charge < -0.3 is 4.74 Å². The van der Waals surface area contributed by atoms with Crippen LogP contribution in [0.5, 0.6) is 0 Å². The molecule has 1 fully saturated rings. The van der Waals surface area contributed by atoms with E-state index in [0.29, 0.717) is 0 Å². The lowest BCUT2D eigenvalue weighted by atomic mass is 10.1. The average molecular weight is 225 g/mol. The Morgan fingerprint density at radius 3 is 2.81 bits per heavy atom. The molecule has 0 saturated carbocycles. The second-order valence-electron chi connectivity index (χ2n) is 5.33. The van der Waals surface area contributed by atoms with Crippen molar-refractivity contribution in [1.29, 1.82) is 0 Å². The standard InChI is InChI=1S/C12H19NO3/c1-12(2,3)15-11(14)13-9-5-4-6-10(16-13)8-7-9/h7-10H,4-6H2,1-3H3/t9-,10+/m1/s1. The van der Waals surface area contributed by atoms with E-state index in [1.54, 1.807) is 0 Å². The predicted octanol–water partition coefficient (Wildman–Crippen LogP) is 2.65. The fraction of sp³-hybridized carbons (Fsp3) is 0.750. The van der Waals surface area contributed by atoms with Gasteiger partial charge in [0.15, 0.2) is 0 Å². The highest BCUT2D eigenvalue weighted by atomic mass is 16.7. The van der Waals surface area contributed by atoms with Crippen molar-refractivity contribution in [2.45, 2.75) is 57.8 Å². The van der Waals surface area contributed by atoms with E-state index in [9.17, 15) is 4.79 Å². The Morgan fingerprint density at radius 1 is 1.38 bits per heavy atom. The fourth-order valence-electron chi connectivity index (χ4n) is 1.97. The van der Waals surface area contributed by atoms with E-state index in [0.717, 1.165) is 19.3 Å². The molecule has 0 unspecified atom stereocenters. The number of carbonyl (C=O) groups is 1. The van der Waals surface area contributed by atoms with Crippen molar-refractivity contribution < 1.29 is 14.4 Å². The summed E-state index contributed by atoms with van der Waals surface area (Å²) in [6.07, 6.45) is 6.75. The Balaban J connectivity index is 2.05. The van der Waals surface area contributed by atoms with Gasteiger partial charge in [-0.15, -0.1) is 0 Å².